The standard InChI is InChI=1S/C25H30N4O3/c30-25(31)18-29-12-10-19(11-13-29)14-23-15-24(28-32-23)22-8-6-21(7-9-22)17-27-26-16-20-4-2-1-3-5-20/h1-9,17,19,23,26H,10-16,18H2,(H,30,31). The van der Waals surface area contributed by atoms with E-state index >= 15 is 0 Å². The first-order valence-corrected chi connectivity index (χ1v) is 11.2. The van der Waals surface area contributed by atoms with Gasteiger partial charge < -0.3 is 15.4 Å². The van der Waals surface area contributed by atoms with Crippen molar-refractivity contribution in [3.05, 3.63) is 71.3 Å². The van der Waals surface area contributed by atoms with E-state index in [1.807, 2.05) is 41.4 Å². The van der Waals surface area contributed by atoms with Crippen LogP contribution >= 0.6 is 0 Å². The summed E-state index contributed by atoms with van der Waals surface area (Å²) >= 11 is 0. The number of piperidine rings is 1. The van der Waals surface area contributed by atoms with Crippen LogP contribution in [-0.4, -0.2) is 53.6 Å². The summed E-state index contributed by atoms with van der Waals surface area (Å²) < 4.78 is 0. The molecule has 0 aliphatic carbocycles. The third-order valence-electron chi connectivity index (χ3n) is 6.07. The number of nitrogens with zero attached hydrogens (tertiary/aromatic N) is 3. The van der Waals surface area contributed by atoms with Gasteiger partial charge in [0.1, 0.15) is 6.10 Å². The van der Waals surface area contributed by atoms with Crippen molar-refractivity contribution in [1.29, 1.82) is 0 Å². The number of carboxylic acids is 1. The van der Waals surface area contributed by atoms with Gasteiger partial charge in [0.05, 0.1) is 25.0 Å². The minimum atomic E-state index is -0.749. The lowest BCUT2D eigenvalue weighted by atomic mass is 9.89. The monoisotopic (exact) mass is 434 g/mol. The summed E-state index contributed by atoms with van der Waals surface area (Å²) in [7, 11) is 0. The van der Waals surface area contributed by atoms with Crippen molar-refractivity contribution >= 4 is 17.9 Å². The fraction of sp³-hybridized carbons (Fsp3) is 0.400. The molecule has 2 N–H and O–H groups in total. The van der Waals surface area contributed by atoms with Crippen LogP contribution in [0.15, 0.2) is 64.9 Å². The topological polar surface area (TPSA) is 86.5 Å². The molecule has 0 radical (unpaired) electrons. The van der Waals surface area contributed by atoms with Gasteiger partial charge in [0.25, 0.3) is 0 Å². The van der Waals surface area contributed by atoms with Crippen molar-refractivity contribution in [2.24, 2.45) is 16.2 Å². The molecule has 2 heterocycles. The number of hydrogen-bond donors (Lipinski definition) is 2. The molecule has 0 saturated carbocycles. The number of carboxylic acid groups (broad SMARTS) is 1. The van der Waals surface area contributed by atoms with Gasteiger partial charge in [-0.15, -0.1) is 0 Å². The minimum absolute atomic E-state index is 0.115. The smallest absolute Gasteiger partial charge is 0.317 e. The molecule has 7 nitrogen and oxygen atoms in total. The summed E-state index contributed by atoms with van der Waals surface area (Å²) in [6.45, 7) is 2.54. The van der Waals surface area contributed by atoms with Crippen molar-refractivity contribution in [2.75, 3.05) is 19.6 Å². The van der Waals surface area contributed by atoms with E-state index in [0.717, 1.165) is 55.6 Å². The van der Waals surface area contributed by atoms with Gasteiger partial charge in [-0.05, 0) is 55.0 Å². The van der Waals surface area contributed by atoms with Crippen LogP contribution in [0.5, 0.6) is 0 Å². The Hall–Kier alpha value is -3.19. The third kappa shape index (κ3) is 6.40. The van der Waals surface area contributed by atoms with E-state index in [0.29, 0.717) is 12.5 Å². The lowest BCUT2D eigenvalue weighted by molar-refractivity contribution is -0.138. The van der Waals surface area contributed by atoms with Crippen molar-refractivity contribution in [2.45, 2.75) is 38.3 Å². The van der Waals surface area contributed by atoms with Gasteiger partial charge in [-0.1, -0.05) is 59.8 Å². The van der Waals surface area contributed by atoms with Crippen LogP contribution in [0.1, 0.15) is 42.4 Å². The van der Waals surface area contributed by atoms with Gasteiger partial charge in [0, 0.05) is 6.42 Å². The van der Waals surface area contributed by atoms with Crippen LogP contribution in [0.4, 0.5) is 0 Å². The Labute approximate surface area is 188 Å². The quantitative estimate of drug-likeness (QED) is 0.466. The normalized spacial score (nSPS) is 19.6. The number of carbonyl (C=O) groups is 1. The molecule has 0 aromatic heterocycles. The van der Waals surface area contributed by atoms with Gasteiger partial charge in [-0.3, -0.25) is 9.69 Å². The first kappa shape index (κ1) is 22.0. The molecular weight excluding hydrogens is 404 g/mol. The maximum atomic E-state index is 10.9. The van der Waals surface area contributed by atoms with Crippen molar-refractivity contribution in [1.82, 2.24) is 10.3 Å². The molecular formula is C25H30N4O3. The lowest BCUT2D eigenvalue weighted by Gasteiger charge is -2.31. The number of hydrogen-bond acceptors (Lipinski definition) is 6. The van der Waals surface area contributed by atoms with Crippen LogP contribution < -0.4 is 5.43 Å². The Morgan fingerprint density at radius 1 is 1.16 bits per heavy atom. The van der Waals surface area contributed by atoms with E-state index in [4.69, 9.17) is 9.94 Å². The van der Waals surface area contributed by atoms with Gasteiger partial charge >= 0.3 is 5.97 Å². The number of benzene rings is 2. The zero-order chi connectivity index (χ0) is 22.2. The van der Waals surface area contributed by atoms with E-state index in [9.17, 15) is 4.79 Å². The Bertz CT molecular complexity index is 935. The Balaban J connectivity index is 1.20. The van der Waals surface area contributed by atoms with Gasteiger partial charge in [0.15, 0.2) is 0 Å². The zero-order valence-electron chi connectivity index (χ0n) is 18.2. The molecule has 7 heteroatoms. The van der Waals surface area contributed by atoms with Crippen LogP contribution in [0.3, 0.4) is 0 Å². The summed E-state index contributed by atoms with van der Waals surface area (Å²) in [5.41, 5.74) is 7.36. The van der Waals surface area contributed by atoms with E-state index in [1.165, 1.54) is 5.56 Å². The number of aliphatic carboxylic acids is 1. The number of rotatable bonds is 9. The predicted molar refractivity (Wildman–Crippen MR) is 125 cm³/mol. The fourth-order valence-corrected chi connectivity index (χ4v) is 4.28. The maximum Gasteiger partial charge on any atom is 0.317 e. The Morgan fingerprint density at radius 2 is 1.91 bits per heavy atom. The van der Waals surface area contributed by atoms with E-state index < -0.39 is 5.97 Å². The average Bonchev–Trinajstić information content (AvgIpc) is 3.27. The molecule has 0 bridgehead atoms. The van der Waals surface area contributed by atoms with E-state index in [2.05, 4.69) is 39.9 Å². The van der Waals surface area contributed by atoms with Crippen molar-refractivity contribution < 1.29 is 14.7 Å². The highest BCUT2D eigenvalue weighted by Crippen LogP contribution is 2.27. The molecule has 32 heavy (non-hydrogen) atoms. The SMILES string of the molecule is O=C(O)CN1CCC(CC2CC(c3ccc(C=NNCc4ccccc4)cc3)=NO2)CC1. The predicted octanol–water partition coefficient (Wildman–Crippen LogP) is 3.49. The summed E-state index contributed by atoms with van der Waals surface area (Å²) in [6.07, 6.45) is 5.78. The van der Waals surface area contributed by atoms with Gasteiger partial charge in [-0.2, -0.15) is 5.10 Å². The van der Waals surface area contributed by atoms with Crippen LogP contribution in [0.25, 0.3) is 0 Å². The molecule has 2 aliphatic heterocycles. The average molecular weight is 435 g/mol. The maximum absolute atomic E-state index is 10.9. The summed E-state index contributed by atoms with van der Waals surface area (Å²) in [6, 6.07) is 18.4. The van der Waals surface area contributed by atoms with Crippen molar-refractivity contribution in [3.63, 3.8) is 0 Å². The number of likely N-dealkylation sites (tertiary alicyclic amines) is 1. The van der Waals surface area contributed by atoms with E-state index in [1.54, 1.807) is 0 Å². The Morgan fingerprint density at radius 3 is 2.62 bits per heavy atom. The molecule has 0 amide bonds. The third-order valence-corrected chi connectivity index (χ3v) is 6.07. The molecule has 1 fully saturated rings. The van der Waals surface area contributed by atoms with Crippen LogP contribution in [-0.2, 0) is 16.2 Å². The van der Waals surface area contributed by atoms with Crippen LogP contribution in [0, 0.1) is 5.92 Å². The zero-order valence-corrected chi connectivity index (χ0v) is 18.2. The molecule has 168 valence electrons. The highest BCUT2D eigenvalue weighted by atomic mass is 16.6. The number of oxime groups is 1. The lowest BCUT2D eigenvalue weighted by Crippen LogP contribution is -2.38. The summed E-state index contributed by atoms with van der Waals surface area (Å²) in [5.74, 6) is -0.178. The molecule has 2 aliphatic rings. The molecule has 0 spiro atoms. The molecule has 2 aromatic carbocycles. The highest BCUT2D eigenvalue weighted by Gasteiger charge is 2.28. The highest BCUT2D eigenvalue weighted by molar-refractivity contribution is 6.01. The summed E-state index contributed by atoms with van der Waals surface area (Å²) in [4.78, 5) is 18.6. The van der Waals surface area contributed by atoms with Gasteiger partial charge in [0.2, 0.25) is 0 Å². The molecule has 4 rings (SSSR count). The first-order chi connectivity index (χ1) is 15.7. The fourth-order valence-electron chi connectivity index (χ4n) is 4.28. The molecule has 1 atom stereocenters. The van der Waals surface area contributed by atoms with Gasteiger partial charge in [-0.25, -0.2) is 0 Å². The molecule has 2 aromatic rings. The second-order valence-electron chi connectivity index (χ2n) is 8.52. The molecule has 1 saturated heterocycles. The minimum Gasteiger partial charge on any atom is -0.480 e. The molecule has 1 unspecified atom stereocenters. The van der Waals surface area contributed by atoms with Crippen molar-refractivity contribution in [3.8, 4) is 0 Å². The van der Waals surface area contributed by atoms with Crippen LogP contribution in [0.2, 0.25) is 0 Å². The first-order valence-electron chi connectivity index (χ1n) is 11.2. The Kier molecular flexibility index (Phi) is 7.51. The van der Waals surface area contributed by atoms with E-state index in [-0.39, 0.29) is 12.6 Å². The summed E-state index contributed by atoms with van der Waals surface area (Å²) in [5, 5.41) is 17.6. The number of hydrazone groups is 1. The second kappa shape index (κ2) is 10.9. The number of nitrogens with one attached hydrogen (secondary N) is 1. The second-order valence-corrected chi connectivity index (χ2v) is 8.52. The largest absolute Gasteiger partial charge is 0.480 e.